The smallest absolute Gasteiger partial charge is 0.140 e. The van der Waals surface area contributed by atoms with Gasteiger partial charge in [0.05, 0.1) is 0 Å². The molecular formula is C7H8O. The van der Waals surface area contributed by atoms with Gasteiger partial charge in [-0.3, -0.25) is 4.79 Å². The Labute approximate surface area is 48.1 Å². The van der Waals surface area contributed by atoms with E-state index in [0.29, 0.717) is 23.0 Å². The van der Waals surface area contributed by atoms with E-state index in [2.05, 4.69) is 0 Å². The van der Waals surface area contributed by atoms with E-state index < -0.39 is 0 Å². The summed E-state index contributed by atoms with van der Waals surface area (Å²) in [6.07, 6.45) is 3.85. The first-order chi connectivity index (χ1) is 3.84. The molecule has 0 aromatic heterocycles. The Bertz CT molecular complexity index is 185. The van der Waals surface area contributed by atoms with Crippen LogP contribution in [0.1, 0.15) is 19.3 Å². The van der Waals surface area contributed by atoms with E-state index in [-0.39, 0.29) is 0 Å². The minimum atomic E-state index is 0.562. The predicted octanol–water partition coefficient (Wildman–Crippen LogP) is 0.985. The third kappa shape index (κ3) is 0.150. The van der Waals surface area contributed by atoms with Crippen molar-refractivity contribution in [2.24, 2.45) is 17.3 Å². The molecule has 0 amide bonds. The van der Waals surface area contributed by atoms with Gasteiger partial charge >= 0.3 is 0 Å². The van der Waals surface area contributed by atoms with Crippen molar-refractivity contribution in [3.8, 4) is 0 Å². The topological polar surface area (TPSA) is 17.1 Å². The van der Waals surface area contributed by atoms with Crippen molar-refractivity contribution in [2.45, 2.75) is 19.3 Å². The van der Waals surface area contributed by atoms with E-state index in [0.717, 1.165) is 0 Å². The number of carbonyl (C=O) groups is 1. The van der Waals surface area contributed by atoms with Crippen LogP contribution in [0.2, 0.25) is 0 Å². The summed E-state index contributed by atoms with van der Waals surface area (Å²) < 4.78 is 0. The van der Waals surface area contributed by atoms with Crippen molar-refractivity contribution >= 4 is 5.78 Å². The molecule has 3 saturated carbocycles. The molecule has 0 aliphatic heterocycles. The molecule has 42 valence electrons. The molecule has 3 rings (SSSR count). The molecular weight excluding hydrogens is 100 g/mol. The average molecular weight is 108 g/mol. The second-order valence-electron chi connectivity index (χ2n) is 3.48. The van der Waals surface area contributed by atoms with E-state index in [1.807, 2.05) is 0 Å². The first-order valence-electron chi connectivity index (χ1n) is 3.38. The molecule has 0 bridgehead atoms. The van der Waals surface area contributed by atoms with Gasteiger partial charge in [0.2, 0.25) is 0 Å². The fourth-order valence-corrected chi connectivity index (χ4v) is 2.60. The van der Waals surface area contributed by atoms with Gasteiger partial charge < -0.3 is 0 Å². The van der Waals surface area contributed by atoms with Gasteiger partial charge in [-0.2, -0.15) is 0 Å². The Kier molecular flexibility index (Phi) is 0.313. The molecule has 3 fully saturated rings. The molecule has 3 unspecified atom stereocenters. The number of hydrogen-bond acceptors (Lipinski definition) is 1. The van der Waals surface area contributed by atoms with Crippen molar-refractivity contribution in [1.82, 2.24) is 0 Å². The molecule has 0 aromatic carbocycles. The van der Waals surface area contributed by atoms with E-state index in [1.54, 1.807) is 0 Å². The lowest BCUT2D eigenvalue weighted by atomic mass is 9.58. The summed E-state index contributed by atoms with van der Waals surface area (Å²) in [5.41, 5.74) is 0.650. The molecule has 0 heterocycles. The van der Waals surface area contributed by atoms with Gasteiger partial charge in [-0.25, -0.2) is 0 Å². The van der Waals surface area contributed by atoms with Crippen molar-refractivity contribution in [1.29, 1.82) is 0 Å². The highest BCUT2D eigenvalue weighted by atomic mass is 16.1. The number of rotatable bonds is 0. The van der Waals surface area contributed by atoms with Crippen LogP contribution in [0.25, 0.3) is 0 Å². The van der Waals surface area contributed by atoms with Crippen LogP contribution in [-0.4, -0.2) is 5.78 Å². The maximum atomic E-state index is 10.9. The van der Waals surface area contributed by atoms with E-state index in [1.165, 1.54) is 19.3 Å². The quantitative estimate of drug-likeness (QED) is 0.452. The second-order valence-corrected chi connectivity index (χ2v) is 3.48. The highest BCUT2D eigenvalue weighted by Gasteiger charge is 2.77. The molecule has 1 spiro atoms. The van der Waals surface area contributed by atoms with Crippen LogP contribution in [-0.2, 0) is 4.79 Å². The molecule has 1 nitrogen and oxygen atoms in total. The lowest BCUT2D eigenvalue weighted by Crippen LogP contribution is -2.47. The Morgan fingerprint density at radius 1 is 1.50 bits per heavy atom. The summed E-state index contributed by atoms with van der Waals surface area (Å²) in [7, 11) is 0. The largest absolute Gasteiger partial charge is 0.299 e. The van der Waals surface area contributed by atoms with Crippen LogP contribution in [0.5, 0.6) is 0 Å². The van der Waals surface area contributed by atoms with Crippen LogP contribution in [0.4, 0.5) is 0 Å². The van der Waals surface area contributed by atoms with Gasteiger partial charge in [-0.15, -0.1) is 0 Å². The Balaban J connectivity index is 2.09. The van der Waals surface area contributed by atoms with Crippen molar-refractivity contribution < 1.29 is 4.79 Å². The second kappa shape index (κ2) is 0.687. The van der Waals surface area contributed by atoms with Crippen molar-refractivity contribution in [3.63, 3.8) is 0 Å². The average Bonchev–Trinajstić information content (AvgIpc) is 2.35. The summed E-state index contributed by atoms with van der Waals surface area (Å²) in [6.45, 7) is 0. The van der Waals surface area contributed by atoms with Crippen LogP contribution in [0.3, 0.4) is 0 Å². The zero-order valence-corrected chi connectivity index (χ0v) is 4.68. The van der Waals surface area contributed by atoms with Gasteiger partial charge in [0.1, 0.15) is 5.78 Å². The summed E-state index contributed by atoms with van der Waals surface area (Å²) in [4.78, 5) is 10.9. The standard InChI is InChI=1S/C7H8O/c8-6-4-1-2-7(4)3-5(6)7/h4-5H,1-3H2. The first-order valence-corrected chi connectivity index (χ1v) is 3.38. The number of hydrogen-bond donors (Lipinski definition) is 0. The molecule has 0 N–H and O–H groups in total. The molecule has 3 aliphatic carbocycles. The highest BCUT2D eigenvalue weighted by Crippen LogP contribution is 2.78. The third-order valence-corrected chi connectivity index (χ3v) is 3.40. The van der Waals surface area contributed by atoms with Crippen molar-refractivity contribution in [2.75, 3.05) is 0 Å². The van der Waals surface area contributed by atoms with E-state index >= 15 is 0 Å². The molecule has 3 atom stereocenters. The molecule has 8 heavy (non-hydrogen) atoms. The molecule has 1 heteroatoms. The fourth-order valence-electron chi connectivity index (χ4n) is 2.60. The molecule has 0 saturated heterocycles. The number of carbonyl (C=O) groups excluding carboxylic acids is 1. The Morgan fingerprint density at radius 2 is 2.38 bits per heavy atom. The maximum Gasteiger partial charge on any atom is 0.140 e. The van der Waals surface area contributed by atoms with Crippen LogP contribution >= 0.6 is 0 Å². The normalized spacial score (nSPS) is 64.8. The minimum Gasteiger partial charge on any atom is -0.299 e. The maximum absolute atomic E-state index is 10.9. The van der Waals surface area contributed by atoms with Gasteiger partial charge in [0.25, 0.3) is 0 Å². The third-order valence-electron chi connectivity index (χ3n) is 3.40. The van der Waals surface area contributed by atoms with Gasteiger partial charge in [-0.05, 0) is 24.7 Å². The number of Topliss-reactive ketones (excluding diaryl/α,β-unsaturated/α-hetero) is 1. The summed E-state index contributed by atoms with van der Waals surface area (Å²) >= 11 is 0. The predicted molar refractivity (Wildman–Crippen MR) is 28.3 cm³/mol. The fraction of sp³-hybridized carbons (Fsp3) is 0.857. The summed E-state index contributed by atoms with van der Waals surface area (Å²) in [6, 6.07) is 0. The van der Waals surface area contributed by atoms with Gasteiger partial charge in [0, 0.05) is 11.8 Å². The Hall–Kier alpha value is -0.330. The summed E-state index contributed by atoms with van der Waals surface area (Å²) in [5, 5.41) is 0. The molecule has 0 aromatic rings. The van der Waals surface area contributed by atoms with Gasteiger partial charge in [0.15, 0.2) is 0 Å². The SMILES string of the molecule is O=C1C2CCC23CC13. The Morgan fingerprint density at radius 3 is 2.50 bits per heavy atom. The number of ketones is 1. The molecule has 3 aliphatic rings. The van der Waals surface area contributed by atoms with Crippen LogP contribution in [0.15, 0.2) is 0 Å². The first kappa shape index (κ1) is 3.65. The lowest BCUT2D eigenvalue weighted by Gasteiger charge is -2.44. The lowest BCUT2D eigenvalue weighted by molar-refractivity contribution is -0.142. The van der Waals surface area contributed by atoms with E-state index in [9.17, 15) is 4.79 Å². The van der Waals surface area contributed by atoms with Crippen LogP contribution < -0.4 is 0 Å². The summed E-state index contributed by atoms with van der Waals surface area (Å²) in [5.74, 6) is 1.73. The zero-order chi connectivity index (χ0) is 5.35. The van der Waals surface area contributed by atoms with Crippen LogP contribution in [0, 0.1) is 17.3 Å². The van der Waals surface area contributed by atoms with Crippen molar-refractivity contribution in [3.05, 3.63) is 0 Å². The molecule has 0 radical (unpaired) electrons. The monoisotopic (exact) mass is 108 g/mol. The van der Waals surface area contributed by atoms with E-state index in [4.69, 9.17) is 0 Å². The van der Waals surface area contributed by atoms with Gasteiger partial charge in [-0.1, -0.05) is 0 Å². The zero-order valence-electron chi connectivity index (χ0n) is 4.68. The highest BCUT2D eigenvalue weighted by molar-refractivity contribution is 5.97. The minimum absolute atomic E-state index is 0.562.